The second-order valence-electron chi connectivity index (χ2n) is 5.38. The van der Waals surface area contributed by atoms with Crippen LogP contribution >= 0.6 is 0 Å². The molecule has 1 rings (SSSR count). The Bertz CT molecular complexity index is 513. The Balaban J connectivity index is 2.95. The fourth-order valence-electron chi connectivity index (χ4n) is 1.24. The molecular weight excluding hydrogens is 252 g/mol. The molecule has 0 heterocycles. The normalized spacial score (nSPS) is 13.4. The average Bonchev–Trinajstić information content (AvgIpc) is 2.14. The number of benzene rings is 1. The zero-order chi connectivity index (χ0) is 14.2. The summed E-state index contributed by atoms with van der Waals surface area (Å²) in [5, 5.41) is 18.2. The van der Waals surface area contributed by atoms with Crippen molar-refractivity contribution in [3.05, 3.63) is 24.3 Å². The number of hydrogen-bond donors (Lipinski definition) is 3. The van der Waals surface area contributed by atoms with Crippen LogP contribution in [0.4, 0.5) is 5.69 Å². The van der Waals surface area contributed by atoms with E-state index in [1.807, 2.05) is 13.8 Å². The van der Waals surface area contributed by atoms with Crippen molar-refractivity contribution in [3.63, 3.8) is 0 Å². The molecule has 1 aromatic rings. The Labute approximate surface area is 108 Å². The van der Waals surface area contributed by atoms with E-state index in [4.69, 9.17) is 5.14 Å². The first-order valence-corrected chi connectivity index (χ1v) is 7.11. The molecule has 0 aliphatic rings. The molecule has 0 aliphatic heterocycles. The van der Waals surface area contributed by atoms with Crippen LogP contribution in [0.25, 0.3) is 0 Å². The van der Waals surface area contributed by atoms with Gasteiger partial charge in [-0.2, -0.15) is 0 Å². The van der Waals surface area contributed by atoms with Gasteiger partial charge in [0.05, 0.1) is 16.0 Å². The van der Waals surface area contributed by atoms with Gasteiger partial charge >= 0.3 is 0 Å². The number of aliphatic hydroxyl groups is 1. The number of rotatable bonds is 4. The second kappa shape index (κ2) is 4.53. The Hall–Kier alpha value is -1.11. The van der Waals surface area contributed by atoms with Crippen molar-refractivity contribution < 1.29 is 13.5 Å². The van der Waals surface area contributed by atoms with Gasteiger partial charge in [0.2, 0.25) is 10.0 Å². The molecule has 0 atom stereocenters. The molecule has 0 amide bonds. The topological polar surface area (TPSA) is 92.4 Å². The van der Waals surface area contributed by atoms with Crippen LogP contribution in [0.2, 0.25) is 0 Å². The van der Waals surface area contributed by atoms with Gasteiger partial charge in [-0.15, -0.1) is 0 Å². The van der Waals surface area contributed by atoms with Crippen molar-refractivity contribution in [2.45, 2.75) is 43.7 Å². The van der Waals surface area contributed by atoms with Crippen LogP contribution in [0.3, 0.4) is 0 Å². The minimum absolute atomic E-state index is 0.0640. The van der Waals surface area contributed by atoms with E-state index in [1.165, 1.54) is 12.1 Å². The molecule has 0 spiro atoms. The van der Waals surface area contributed by atoms with Crippen LogP contribution < -0.4 is 10.5 Å². The van der Waals surface area contributed by atoms with Gasteiger partial charge in [0.25, 0.3) is 0 Å². The highest BCUT2D eigenvalue weighted by molar-refractivity contribution is 7.89. The Morgan fingerprint density at radius 1 is 1.11 bits per heavy atom. The first-order valence-electron chi connectivity index (χ1n) is 5.57. The van der Waals surface area contributed by atoms with E-state index in [2.05, 4.69) is 5.32 Å². The molecule has 1 aromatic carbocycles. The molecule has 0 aliphatic carbocycles. The quantitative estimate of drug-likeness (QED) is 0.770. The highest BCUT2D eigenvalue weighted by Crippen LogP contribution is 2.26. The van der Waals surface area contributed by atoms with E-state index in [0.717, 1.165) is 5.69 Å². The van der Waals surface area contributed by atoms with Crippen molar-refractivity contribution in [1.29, 1.82) is 0 Å². The van der Waals surface area contributed by atoms with Crippen LogP contribution in [0, 0.1) is 0 Å². The largest absolute Gasteiger partial charge is 0.388 e. The molecule has 4 N–H and O–H groups in total. The van der Waals surface area contributed by atoms with Crippen LogP contribution in [-0.4, -0.2) is 24.7 Å². The molecule has 0 aromatic heterocycles. The van der Waals surface area contributed by atoms with E-state index >= 15 is 0 Å². The van der Waals surface area contributed by atoms with Gasteiger partial charge in [-0.3, -0.25) is 0 Å². The van der Waals surface area contributed by atoms with Gasteiger partial charge in [0.15, 0.2) is 0 Å². The van der Waals surface area contributed by atoms with Gasteiger partial charge in [-0.1, -0.05) is 0 Å². The van der Waals surface area contributed by atoms with Gasteiger partial charge in [-0.25, -0.2) is 13.6 Å². The van der Waals surface area contributed by atoms with E-state index in [9.17, 15) is 13.5 Å². The van der Waals surface area contributed by atoms with Crippen molar-refractivity contribution in [1.82, 2.24) is 0 Å². The summed E-state index contributed by atoms with van der Waals surface area (Å²) in [4.78, 5) is 0.0640. The zero-order valence-corrected chi connectivity index (χ0v) is 11.9. The SMILES string of the molecule is CC(C)(O)C(C)(C)Nc1ccc(S(N)(=O)=O)cc1. The van der Waals surface area contributed by atoms with Crippen LogP contribution in [0.1, 0.15) is 27.7 Å². The molecule has 0 saturated carbocycles. The summed E-state index contributed by atoms with van der Waals surface area (Å²) in [7, 11) is -3.67. The summed E-state index contributed by atoms with van der Waals surface area (Å²) in [5.41, 5.74) is -0.767. The summed E-state index contributed by atoms with van der Waals surface area (Å²) in [6, 6.07) is 6.09. The Morgan fingerprint density at radius 3 is 1.89 bits per heavy atom. The number of primary sulfonamides is 1. The number of nitrogens with one attached hydrogen (secondary N) is 1. The molecular formula is C12H20N2O3S. The molecule has 0 unspecified atom stereocenters. The first kappa shape index (κ1) is 14.9. The van der Waals surface area contributed by atoms with E-state index in [0.29, 0.717) is 0 Å². The maximum atomic E-state index is 11.1. The summed E-state index contributed by atoms with van der Waals surface area (Å²) in [5.74, 6) is 0. The van der Waals surface area contributed by atoms with Crippen molar-refractivity contribution >= 4 is 15.7 Å². The van der Waals surface area contributed by atoms with Gasteiger partial charge in [0, 0.05) is 5.69 Å². The predicted molar refractivity (Wildman–Crippen MR) is 71.8 cm³/mol. The lowest BCUT2D eigenvalue weighted by Gasteiger charge is -2.38. The van der Waals surface area contributed by atoms with Crippen LogP contribution in [-0.2, 0) is 10.0 Å². The third-order valence-electron chi connectivity index (χ3n) is 3.17. The van der Waals surface area contributed by atoms with Crippen LogP contribution in [0.15, 0.2) is 29.2 Å². The third-order valence-corrected chi connectivity index (χ3v) is 4.10. The van der Waals surface area contributed by atoms with Crippen molar-refractivity contribution in [3.8, 4) is 0 Å². The Morgan fingerprint density at radius 2 is 1.56 bits per heavy atom. The van der Waals surface area contributed by atoms with Crippen LogP contribution in [0.5, 0.6) is 0 Å². The van der Waals surface area contributed by atoms with Crippen molar-refractivity contribution in [2.75, 3.05) is 5.32 Å². The van der Waals surface area contributed by atoms with E-state index < -0.39 is 21.2 Å². The molecule has 102 valence electrons. The third kappa shape index (κ3) is 3.44. The summed E-state index contributed by atoms with van der Waals surface area (Å²) < 4.78 is 22.2. The monoisotopic (exact) mass is 272 g/mol. The highest BCUT2D eigenvalue weighted by Gasteiger charge is 2.34. The smallest absolute Gasteiger partial charge is 0.238 e. The highest BCUT2D eigenvalue weighted by atomic mass is 32.2. The lowest BCUT2D eigenvalue weighted by Crippen LogP contribution is -2.51. The lowest BCUT2D eigenvalue weighted by atomic mass is 9.86. The molecule has 0 fully saturated rings. The molecule has 0 bridgehead atoms. The maximum Gasteiger partial charge on any atom is 0.238 e. The van der Waals surface area contributed by atoms with Gasteiger partial charge in [-0.05, 0) is 52.0 Å². The molecule has 0 saturated heterocycles. The standard InChI is InChI=1S/C12H20N2O3S/c1-11(2,12(3,4)15)14-9-5-7-10(8-6-9)18(13,16)17/h5-8,14-15H,1-4H3,(H2,13,16,17). The summed E-state index contributed by atoms with van der Waals surface area (Å²) in [6.45, 7) is 7.14. The second-order valence-corrected chi connectivity index (χ2v) is 6.94. The lowest BCUT2D eigenvalue weighted by molar-refractivity contribution is 0.0240. The molecule has 18 heavy (non-hydrogen) atoms. The van der Waals surface area contributed by atoms with E-state index in [-0.39, 0.29) is 4.90 Å². The predicted octanol–water partition coefficient (Wildman–Crippen LogP) is 1.30. The minimum atomic E-state index is -3.67. The van der Waals surface area contributed by atoms with Gasteiger partial charge in [0.1, 0.15) is 0 Å². The molecule has 0 radical (unpaired) electrons. The minimum Gasteiger partial charge on any atom is -0.388 e. The number of sulfonamides is 1. The fraction of sp³-hybridized carbons (Fsp3) is 0.500. The van der Waals surface area contributed by atoms with E-state index in [1.54, 1.807) is 26.0 Å². The van der Waals surface area contributed by atoms with Crippen molar-refractivity contribution in [2.24, 2.45) is 5.14 Å². The molecule has 6 heteroatoms. The Kier molecular flexibility index (Phi) is 3.76. The summed E-state index contributed by atoms with van der Waals surface area (Å²) in [6.07, 6.45) is 0. The molecule has 5 nitrogen and oxygen atoms in total. The number of hydrogen-bond acceptors (Lipinski definition) is 4. The first-order chi connectivity index (χ1) is 7.93. The fourth-order valence-corrected chi connectivity index (χ4v) is 1.76. The number of anilines is 1. The zero-order valence-electron chi connectivity index (χ0n) is 11.1. The number of nitrogens with two attached hydrogens (primary N) is 1. The average molecular weight is 272 g/mol. The maximum absolute atomic E-state index is 11.1. The van der Waals surface area contributed by atoms with Gasteiger partial charge < -0.3 is 10.4 Å². The summed E-state index contributed by atoms with van der Waals surface area (Å²) >= 11 is 0.